The number of nitrogens with zero attached hydrogens (tertiary/aromatic N) is 2. The summed E-state index contributed by atoms with van der Waals surface area (Å²) in [6.45, 7) is 3.03. The summed E-state index contributed by atoms with van der Waals surface area (Å²) in [5.41, 5.74) is 1.15. The highest BCUT2D eigenvalue weighted by molar-refractivity contribution is 5.97. The molecule has 0 aliphatic heterocycles. The number of nitrogens with one attached hydrogen (secondary N) is 3. The number of ether oxygens (including phenoxy) is 1. The molecule has 1 aliphatic carbocycles. The van der Waals surface area contributed by atoms with Crippen LogP contribution in [0.5, 0.6) is 5.75 Å². The normalized spacial score (nSPS) is 20.4. The maximum atomic E-state index is 13.6. The van der Waals surface area contributed by atoms with Crippen LogP contribution in [0.3, 0.4) is 0 Å². The van der Waals surface area contributed by atoms with Crippen LogP contribution < -0.4 is 20.7 Å². The molecule has 0 spiro atoms. The SMILES string of the molecule is CCN/C(=N\C#N)N[C@H]1CC[C@@](CNC(=O)c2ccccc2OC)(c2ccc(F)cc2)CC1. The van der Waals surface area contributed by atoms with Crippen molar-refractivity contribution in [2.75, 3.05) is 20.2 Å². The summed E-state index contributed by atoms with van der Waals surface area (Å²) in [7, 11) is 1.54. The zero-order chi connectivity index (χ0) is 23.7. The highest BCUT2D eigenvalue weighted by Gasteiger charge is 2.37. The van der Waals surface area contributed by atoms with Crippen LogP contribution >= 0.6 is 0 Å². The third kappa shape index (κ3) is 6.01. The first-order valence-corrected chi connectivity index (χ1v) is 11.2. The summed E-state index contributed by atoms with van der Waals surface area (Å²) in [4.78, 5) is 16.7. The van der Waals surface area contributed by atoms with Crippen LogP contribution in [0.4, 0.5) is 4.39 Å². The quantitative estimate of drug-likeness (QED) is 0.340. The Morgan fingerprint density at radius 2 is 1.88 bits per heavy atom. The van der Waals surface area contributed by atoms with Crippen molar-refractivity contribution in [1.82, 2.24) is 16.0 Å². The predicted octanol–water partition coefficient (Wildman–Crippen LogP) is 3.48. The number of para-hydroxylation sites is 1. The minimum absolute atomic E-state index is 0.148. The molecule has 1 saturated carbocycles. The topological polar surface area (TPSA) is 98.5 Å². The number of nitriles is 1. The first kappa shape index (κ1) is 24.1. The van der Waals surface area contributed by atoms with Gasteiger partial charge in [0.15, 0.2) is 0 Å². The fourth-order valence-electron chi connectivity index (χ4n) is 4.40. The van der Waals surface area contributed by atoms with E-state index in [-0.39, 0.29) is 23.2 Å². The maximum absolute atomic E-state index is 13.6. The monoisotopic (exact) mass is 451 g/mol. The molecule has 3 rings (SSSR count). The average Bonchev–Trinajstić information content (AvgIpc) is 2.84. The summed E-state index contributed by atoms with van der Waals surface area (Å²) in [5.74, 6) is 0.505. The van der Waals surface area contributed by atoms with Gasteiger partial charge in [0.1, 0.15) is 11.6 Å². The summed E-state index contributed by atoms with van der Waals surface area (Å²) >= 11 is 0. The molecule has 2 aromatic carbocycles. The molecule has 0 bridgehead atoms. The van der Waals surface area contributed by atoms with E-state index in [2.05, 4.69) is 20.9 Å². The summed E-state index contributed by atoms with van der Waals surface area (Å²) in [6.07, 6.45) is 5.02. The first-order valence-electron chi connectivity index (χ1n) is 11.2. The number of carbonyl (C=O) groups excluding carboxylic acids is 1. The lowest BCUT2D eigenvalue weighted by Gasteiger charge is -2.41. The Labute approximate surface area is 194 Å². The van der Waals surface area contributed by atoms with Crippen LogP contribution in [0, 0.1) is 17.3 Å². The lowest BCUT2D eigenvalue weighted by Crippen LogP contribution is -2.49. The molecular formula is C25H30FN5O2. The van der Waals surface area contributed by atoms with E-state index in [1.165, 1.54) is 19.2 Å². The molecule has 1 aliphatic rings. The molecular weight excluding hydrogens is 421 g/mol. The Hall–Kier alpha value is -3.60. The van der Waals surface area contributed by atoms with Crippen molar-refractivity contribution in [3.63, 3.8) is 0 Å². The van der Waals surface area contributed by atoms with Gasteiger partial charge >= 0.3 is 0 Å². The average molecular weight is 452 g/mol. The first-order chi connectivity index (χ1) is 16.0. The van der Waals surface area contributed by atoms with Gasteiger partial charge in [0.2, 0.25) is 12.2 Å². The minimum atomic E-state index is -0.325. The maximum Gasteiger partial charge on any atom is 0.255 e. The Balaban J connectivity index is 1.75. The van der Waals surface area contributed by atoms with Gasteiger partial charge in [-0.15, -0.1) is 4.99 Å². The highest BCUT2D eigenvalue weighted by atomic mass is 19.1. The van der Waals surface area contributed by atoms with E-state index in [0.29, 0.717) is 30.4 Å². The van der Waals surface area contributed by atoms with Gasteiger partial charge in [-0.1, -0.05) is 24.3 Å². The second-order valence-electron chi connectivity index (χ2n) is 8.18. The van der Waals surface area contributed by atoms with E-state index in [9.17, 15) is 9.18 Å². The smallest absolute Gasteiger partial charge is 0.255 e. The Kier molecular flexibility index (Phi) is 8.25. The fourth-order valence-corrected chi connectivity index (χ4v) is 4.40. The van der Waals surface area contributed by atoms with Crippen molar-refractivity contribution in [2.24, 2.45) is 4.99 Å². The predicted molar refractivity (Wildman–Crippen MR) is 126 cm³/mol. The van der Waals surface area contributed by atoms with Gasteiger partial charge in [0.05, 0.1) is 12.7 Å². The van der Waals surface area contributed by atoms with Crippen LogP contribution in [0.2, 0.25) is 0 Å². The van der Waals surface area contributed by atoms with Crippen LogP contribution in [0.1, 0.15) is 48.5 Å². The number of guanidine groups is 1. The number of methoxy groups -OCH3 is 1. The molecule has 1 amide bonds. The van der Waals surface area contributed by atoms with Gasteiger partial charge in [0.25, 0.3) is 5.91 Å². The zero-order valence-corrected chi connectivity index (χ0v) is 19.0. The number of aliphatic imine (C=N–C) groups is 1. The van der Waals surface area contributed by atoms with Crippen molar-refractivity contribution in [1.29, 1.82) is 5.26 Å². The van der Waals surface area contributed by atoms with E-state index in [1.54, 1.807) is 30.3 Å². The Bertz CT molecular complexity index is 1010. The molecule has 174 valence electrons. The molecule has 0 atom stereocenters. The standard InChI is InChI=1S/C25H30FN5O2/c1-3-28-24(30-17-27)31-20-12-14-25(15-13-20,18-8-10-19(26)11-9-18)16-29-23(32)21-6-4-5-7-22(21)33-2/h4-11,20H,3,12-16H2,1-2H3,(H,29,32)(H2,28,30,31)/t20-,25+. The summed E-state index contributed by atoms with van der Waals surface area (Å²) in [5, 5.41) is 18.4. The van der Waals surface area contributed by atoms with Gasteiger partial charge in [0, 0.05) is 24.5 Å². The van der Waals surface area contributed by atoms with Gasteiger partial charge < -0.3 is 20.7 Å². The number of amides is 1. The van der Waals surface area contributed by atoms with E-state index >= 15 is 0 Å². The minimum Gasteiger partial charge on any atom is -0.496 e. The van der Waals surface area contributed by atoms with Gasteiger partial charge in [-0.3, -0.25) is 4.79 Å². The zero-order valence-electron chi connectivity index (χ0n) is 19.0. The summed E-state index contributed by atoms with van der Waals surface area (Å²) in [6, 6.07) is 13.8. The molecule has 3 N–H and O–H groups in total. The van der Waals surface area contributed by atoms with Crippen molar-refractivity contribution in [3.8, 4) is 11.9 Å². The Morgan fingerprint density at radius 3 is 2.52 bits per heavy atom. The number of hydrogen-bond donors (Lipinski definition) is 3. The number of rotatable bonds is 7. The molecule has 0 heterocycles. The van der Waals surface area contributed by atoms with Gasteiger partial charge in [-0.2, -0.15) is 5.26 Å². The van der Waals surface area contributed by atoms with Crippen LogP contribution in [-0.2, 0) is 5.41 Å². The lowest BCUT2D eigenvalue weighted by atomic mass is 9.68. The van der Waals surface area contributed by atoms with E-state index in [4.69, 9.17) is 10.00 Å². The number of hydrogen-bond acceptors (Lipinski definition) is 4. The molecule has 1 fully saturated rings. The third-order valence-corrected chi connectivity index (χ3v) is 6.19. The molecule has 0 unspecified atom stereocenters. The lowest BCUT2D eigenvalue weighted by molar-refractivity contribution is 0.0932. The molecule has 2 aromatic rings. The second kappa shape index (κ2) is 11.3. The van der Waals surface area contributed by atoms with Gasteiger partial charge in [-0.05, 0) is 62.4 Å². The molecule has 0 radical (unpaired) electrons. The van der Waals surface area contributed by atoms with Gasteiger partial charge in [-0.25, -0.2) is 4.39 Å². The Morgan fingerprint density at radius 1 is 1.18 bits per heavy atom. The molecule has 33 heavy (non-hydrogen) atoms. The molecule has 8 heteroatoms. The van der Waals surface area contributed by atoms with Crippen molar-refractivity contribution < 1.29 is 13.9 Å². The molecule has 0 aromatic heterocycles. The van der Waals surface area contributed by atoms with E-state index in [0.717, 1.165) is 31.2 Å². The molecule has 0 saturated heterocycles. The van der Waals surface area contributed by atoms with Crippen molar-refractivity contribution >= 4 is 11.9 Å². The van der Waals surface area contributed by atoms with E-state index in [1.807, 2.05) is 19.2 Å². The number of carbonyl (C=O) groups is 1. The van der Waals surface area contributed by atoms with Crippen molar-refractivity contribution in [2.45, 2.75) is 44.1 Å². The van der Waals surface area contributed by atoms with Crippen LogP contribution in [-0.4, -0.2) is 38.1 Å². The largest absolute Gasteiger partial charge is 0.496 e. The van der Waals surface area contributed by atoms with Crippen molar-refractivity contribution in [3.05, 3.63) is 65.5 Å². The highest BCUT2D eigenvalue weighted by Crippen LogP contribution is 2.39. The summed E-state index contributed by atoms with van der Waals surface area (Å²) < 4.78 is 18.9. The van der Waals surface area contributed by atoms with Crippen LogP contribution in [0.25, 0.3) is 0 Å². The molecule has 7 nitrogen and oxygen atoms in total. The van der Waals surface area contributed by atoms with Crippen LogP contribution in [0.15, 0.2) is 53.5 Å². The fraction of sp³-hybridized carbons (Fsp3) is 0.400. The number of benzene rings is 2. The third-order valence-electron chi connectivity index (χ3n) is 6.19. The van der Waals surface area contributed by atoms with E-state index < -0.39 is 0 Å². The number of halogens is 1. The second-order valence-corrected chi connectivity index (χ2v) is 8.18.